The first-order valence-corrected chi connectivity index (χ1v) is 12.3. The average Bonchev–Trinajstić information content (AvgIpc) is 3.07. The van der Waals surface area contributed by atoms with E-state index in [1.165, 1.54) is 12.1 Å². The van der Waals surface area contributed by atoms with Crippen molar-refractivity contribution in [3.8, 4) is 11.5 Å². The number of fused-ring (bicyclic) bond motifs is 1. The normalized spacial score (nSPS) is 18.8. The van der Waals surface area contributed by atoms with E-state index in [-0.39, 0.29) is 48.9 Å². The van der Waals surface area contributed by atoms with Crippen LogP contribution in [-0.2, 0) is 21.6 Å². The number of ether oxygens (including phenoxy) is 2. The molecule has 0 radical (unpaired) electrons. The third kappa shape index (κ3) is 4.72. The van der Waals surface area contributed by atoms with Gasteiger partial charge in [0, 0.05) is 24.1 Å². The molecule has 5 rings (SSSR count). The monoisotopic (exact) mass is 506 g/mol. The van der Waals surface area contributed by atoms with E-state index in [0.717, 1.165) is 5.56 Å². The molecule has 0 atom stereocenters. The van der Waals surface area contributed by atoms with Crippen LogP contribution in [0.15, 0.2) is 54.6 Å². The minimum absolute atomic E-state index is 0.0399. The number of hydrogen-bond donors (Lipinski definition) is 1. The van der Waals surface area contributed by atoms with Crippen LogP contribution >= 0.6 is 0 Å². The molecule has 3 aromatic rings. The summed E-state index contributed by atoms with van der Waals surface area (Å²) in [4.78, 5) is 11.8. The van der Waals surface area contributed by atoms with Crippen molar-refractivity contribution < 1.29 is 35.9 Å². The van der Waals surface area contributed by atoms with E-state index < -0.39 is 40.1 Å². The van der Waals surface area contributed by atoms with Gasteiger partial charge >= 0.3 is 10.2 Å². The summed E-state index contributed by atoms with van der Waals surface area (Å²) in [7, 11) is -4.31. The maximum absolute atomic E-state index is 15.9. The first-order valence-electron chi connectivity index (χ1n) is 10.9. The number of rotatable bonds is 7. The van der Waals surface area contributed by atoms with Crippen LogP contribution in [0.25, 0.3) is 10.8 Å². The van der Waals surface area contributed by atoms with E-state index in [2.05, 4.69) is 0 Å². The molecule has 2 aliphatic rings. The minimum Gasteiger partial charge on any atom is -0.493 e. The largest absolute Gasteiger partial charge is 0.493 e. The fourth-order valence-electron chi connectivity index (χ4n) is 4.23. The molecule has 1 aliphatic carbocycles. The molecule has 3 aromatic carbocycles. The SMILES string of the molecule is O=C1CN(c2c(OCc3ccccc3)cc3ccc(OCC4CC(F)(F)C4)cc3c2F)S(=O)(=O)N1. The molecule has 1 N–H and O–H groups in total. The Morgan fingerprint density at radius 2 is 1.80 bits per heavy atom. The van der Waals surface area contributed by atoms with Crippen molar-refractivity contribution in [3.05, 3.63) is 66.0 Å². The molecule has 184 valence electrons. The van der Waals surface area contributed by atoms with Gasteiger partial charge in [0.25, 0.3) is 5.91 Å². The Hall–Kier alpha value is -3.47. The maximum Gasteiger partial charge on any atom is 0.326 e. The molecule has 2 fully saturated rings. The molecule has 7 nitrogen and oxygen atoms in total. The number of carbonyl (C=O) groups excluding carboxylic acids is 1. The van der Waals surface area contributed by atoms with Gasteiger partial charge in [-0.15, -0.1) is 0 Å². The predicted octanol–water partition coefficient (Wildman–Crippen LogP) is 4.16. The van der Waals surface area contributed by atoms with Crippen molar-refractivity contribution in [1.82, 2.24) is 4.72 Å². The number of amides is 1. The van der Waals surface area contributed by atoms with E-state index in [9.17, 15) is 22.0 Å². The fraction of sp³-hybridized carbons (Fsp3) is 0.292. The van der Waals surface area contributed by atoms with Gasteiger partial charge in [0.05, 0.1) is 6.61 Å². The Bertz CT molecular complexity index is 1390. The lowest BCUT2D eigenvalue weighted by Gasteiger charge is -2.34. The van der Waals surface area contributed by atoms with Gasteiger partial charge in [-0.1, -0.05) is 36.4 Å². The number of nitrogens with zero attached hydrogens (tertiary/aromatic N) is 1. The van der Waals surface area contributed by atoms with Crippen molar-refractivity contribution in [2.45, 2.75) is 25.4 Å². The lowest BCUT2D eigenvalue weighted by Crippen LogP contribution is -2.38. The Morgan fingerprint density at radius 1 is 1.06 bits per heavy atom. The molecule has 0 spiro atoms. The molecular weight excluding hydrogens is 485 g/mol. The van der Waals surface area contributed by atoms with Crippen molar-refractivity contribution in [3.63, 3.8) is 0 Å². The van der Waals surface area contributed by atoms with Crippen LogP contribution in [0.4, 0.5) is 18.9 Å². The number of benzene rings is 3. The summed E-state index contributed by atoms with van der Waals surface area (Å²) in [5.41, 5.74) is 0.380. The number of halogens is 3. The molecule has 1 amide bonds. The van der Waals surface area contributed by atoms with E-state index in [0.29, 0.717) is 9.69 Å². The van der Waals surface area contributed by atoms with E-state index in [1.807, 2.05) is 10.8 Å². The molecule has 1 aliphatic heterocycles. The van der Waals surface area contributed by atoms with Gasteiger partial charge in [0.2, 0.25) is 5.92 Å². The fourth-order valence-corrected chi connectivity index (χ4v) is 5.39. The summed E-state index contributed by atoms with van der Waals surface area (Å²) in [5.74, 6) is -4.46. The quantitative estimate of drug-likeness (QED) is 0.520. The standard InChI is InChI=1S/C24H21F3N2O5S/c25-22-19-9-18(33-14-16-10-24(26,27)11-16)7-6-17(19)8-20(34-13-15-4-2-1-3-5-15)23(22)29-12-21(30)28-35(29,31)32/h1-9,16H,10-14H2,(H,28,30). The summed E-state index contributed by atoms with van der Waals surface area (Å²) in [5, 5.41) is 0.450. The van der Waals surface area contributed by atoms with Crippen LogP contribution in [0.1, 0.15) is 18.4 Å². The molecule has 1 heterocycles. The van der Waals surface area contributed by atoms with Gasteiger partial charge in [0.1, 0.15) is 30.3 Å². The Labute approximate surface area is 199 Å². The third-order valence-electron chi connectivity index (χ3n) is 5.96. The first-order chi connectivity index (χ1) is 16.6. The third-order valence-corrected chi connectivity index (χ3v) is 7.33. The minimum atomic E-state index is -4.31. The van der Waals surface area contributed by atoms with Crippen molar-refractivity contribution >= 4 is 32.6 Å². The number of nitrogens with one attached hydrogen (secondary N) is 1. The van der Waals surface area contributed by atoms with Crippen LogP contribution in [0.2, 0.25) is 0 Å². The molecular formula is C24H21F3N2O5S. The number of anilines is 1. The van der Waals surface area contributed by atoms with Crippen LogP contribution in [0.5, 0.6) is 11.5 Å². The number of carbonyl (C=O) groups is 1. The van der Waals surface area contributed by atoms with Gasteiger partial charge in [-0.3, -0.25) is 4.79 Å². The van der Waals surface area contributed by atoms with E-state index in [4.69, 9.17) is 9.47 Å². The summed E-state index contributed by atoms with van der Waals surface area (Å²) in [6.45, 7) is -0.493. The van der Waals surface area contributed by atoms with Gasteiger partial charge < -0.3 is 9.47 Å². The first kappa shape index (κ1) is 23.3. The van der Waals surface area contributed by atoms with Crippen LogP contribution < -0.4 is 18.5 Å². The zero-order valence-electron chi connectivity index (χ0n) is 18.3. The van der Waals surface area contributed by atoms with Crippen LogP contribution in [0.3, 0.4) is 0 Å². The van der Waals surface area contributed by atoms with E-state index >= 15 is 4.39 Å². The van der Waals surface area contributed by atoms with Gasteiger partial charge in [0.15, 0.2) is 5.82 Å². The zero-order valence-corrected chi connectivity index (χ0v) is 19.2. The second kappa shape index (κ2) is 8.63. The lowest BCUT2D eigenvalue weighted by atomic mass is 9.82. The zero-order chi connectivity index (χ0) is 24.8. The molecule has 0 unspecified atom stereocenters. The Morgan fingerprint density at radius 3 is 2.46 bits per heavy atom. The number of alkyl halides is 2. The van der Waals surface area contributed by atoms with Crippen molar-refractivity contribution in [2.24, 2.45) is 5.92 Å². The average molecular weight is 507 g/mol. The molecule has 11 heteroatoms. The van der Waals surface area contributed by atoms with Gasteiger partial charge in [-0.05, 0) is 29.1 Å². The second-order valence-electron chi connectivity index (χ2n) is 8.67. The maximum atomic E-state index is 15.9. The highest BCUT2D eigenvalue weighted by molar-refractivity contribution is 7.92. The highest BCUT2D eigenvalue weighted by Gasteiger charge is 2.45. The summed E-state index contributed by atoms with van der Waals surface area (Å²) in [6.07, 6.45) is -0.510. The lowest BCUT2D eigenvalue weighted by molar-refractivity contribution is -0.119. The van der Waals surface area contributed by atoms with Crippen molar-refractivity contribution in [1.29, 1.82) is 0 Å². The smallest absolute Gasteiger partial charge is 0.326 e. The second-order valence-corrected chi connectivity index (χ2v) is 10.3. The summed E-state index contributed by atoms with van der Waals surface area (Å²) in [6, 6.07) is 15.1. The van der Waals surface area contributed by atoms with Crippen LogP contribution in [0, 0.1) is 11.7 Å². The molecule has 0 aromatic heterocycles. The number of hydrogen-bond acceptors (Lipinski definition) is 5. The van der Waals surface area contributed by atoms with Gasteiger partial charge in [-0.2, -0.15) is 8.42 Å². The van der Waals surface area contributed by atoms with Gasteiger partial charge in [-0.25, -0.2) is 22.2 Å². The molecule has 1 saturated carbocycles. The summed E-state index contributed by atoms with van der Waals surface area (Å²) < 4.78 is 80.9. The van der Waals surface area contributed by atoms with E-state index in [1.54, 1.807) is 36.4 Å². The predicted molar refractivity (Wildman–Crippen MR) is 122 cm³/mol. The van der Waals surface area contributed by atoms with Crippen molar-refractivity contribution in [2.75, 3.05) is 17.5 Å². The topological polar surface area (TPSA) is 84.9 Å². The highest BCUT2D eigenvalue weighted by Crippen LogP contribution is 2.43. The Balaban J connectivity index is 1.50. The molecule has 0 bridgehead atoms. The summed E-state index contributed by atoms with van der Waals surface area (Å²) >= 11 is 0. The van der Waals surface area contributed by atoms with Crippen LogP contribution in [-0.4, -0.2) is 33.4 Å². The highest BCUT2D eigenvalue weighted by atomic mass is 32.2. The molecule has 1 saturated heterocycles. The Kier molecular flexibility index (Phi) is 5.74. The molecule has 35 heavy (non-hydrogen) atoms.